The number of hydrogen-bond acceptors (Lipinski definition) is 4. The summed E-state index contributed by atoms with van der Waals surface area (Å²) in [6.07, 6.45) is 3.80. The largest absolute Gasteiger partial charge is 0.467 e. The van der Waals surface area contributed by atoms with E-state index in [0.717, 1.165) is 42.6 Å². The van der Waals surface area contributed by atoms with E-state index in [1.807, 2.05) is 25.1 Å². The maximum absolute atomic E-state index is 5.40. The van der Waals surface area contributed by atoms with Gasteiger partial charge in [-0.3, -0.25) is 0 Å². The number of nitrogens with zero attached hydrogens (tertiary/aromatic N) is 2. The van der Waals surface area contributed by atoms with Crippen LogP contribution in [0.3, 0.4) is 0 Å². The van der Waals surface area contributed by atoms with Crippen LogP contribution in [0.5, 0.6) is 0 Å². The predicted molar refractivity (Wildman–Crippen MR) is 90.2 cm³/mol. The van der Waals surface area contributed by atoms with Crippen LogP contribution in [0.2, 0.25) is 0 Å². The van der Waals surface area contributed by atoms with Gasteiger partial charge >= 0.3 is 0 Å². The molecule has 2 rings (SSSR count). The molecule has 0 saturated heterocycles. The number of guanidine groups is 1. The Hall–Kier alpha value is -2.24. The monoisotopic (exact) mass is 318 g/mol. The molecule has 0 bridgehead atoms. The van der Waals surface area contributed by atoms with Crippen molar-refractivity contribution in [2.45, 2.75) is 52.6 Å². The van der Waals surface area contributed by atoms with Gasteiger partial charge in [0.15, 0.2) is 11.7 Å². The van der Waals surface area contributed by atoms with Crippen molar-refractivity contribution >= 4 is 5.96 Å². The van der Waals surface area contributed by atoms with Crippen molar-refractivity contribution in [3.8, 4) is 0 Å². The summed E-state index contributed by atoms with van der Waals surface area (Å²) in [5.41, 5.74) is 1.02. The molecule has 2 N–H and O–H groups in total. The number of hydrogen-bond donors (Lipinski definition) is 2. The lowest BCUT2D eigenvalue weighted by Gasteiger charge is -2.09. The topological polar surface area (TPSA) is 75.6 Å². The molecule has 0 spiro atoms. The smallest absolute Gasteiger partial charge is 0.192 e. The van der Waals surface area contributed by atoms with Gasteiger partial charge in [-0.05, 0) is 31.9 Å². The van der Waals surface area contributed by atoms with Gasteiger partial charge in [0.25, 0.3) is 0 Å². The van der Waals surface area contributed by atoms with Crippen molar-refractivity contribution in [1.29, 1.82) is 0 Å². The molecular formula is C17H26N4O2. The predicted octanol–water partition coefficient (Wildman–Crippen LogP) is 3.43. The summed E-state index contributed by atoms with van der Waals surface area (Å²) in [7, 11) is 0. The molecule has 0 aliphatic carbocycles. The molecule has 0 aliphatic rings. The highest BCUT2D eigenvalue weighted by atomic mass is 16.5. The normalized spacial score (nSPS) is 11.9. The Labute approximate surface area is 137 Å². The van der Waals surface area contributed by atoms with Crippen LogP contribution in [0.1, 0.15) is 56.7 Å². The molecule has 0 unspecified atom stereocenters. The fraction of sp³-hybridized carbons (Fsp3) is 0.529. The molecule has 126 valence electrons. The Morgan fingerprint density at radius 1 is 1.22 bits per heavy atom. The molecule has 0 aromatic carbocycles. The second-order valence-corrected chi connectivity index (χ2v) is 5.36. The van der Waals surface area contributed by atoms with Crippen LogP contribution in [0.15, 0.2) is 38.4 Å². The van der Waals surface area contributed by atoms with E-state index in [0.29, 0.717) is 19.0 Å². The van der Waals surface area contributed by atoms with Crippen molar-refractivity contribution in [3.63, 3.8) is 0 Å². The van der Waals surface area contributed by atoms with Gasteiger partial charge in [0.05, 0.1) is 18.5 Å². The van der Waals surface area contributed by atoms with E-state index in [2.05, 4.69) is 34.6 Å². The number of nitrogens with one attached hydrogen (secondary N) is 2. The maximum Gasteiger partial charge on any atom is 0.192 e. The molecule has 23 heavy (non-hydrogen) atoms. The van der Waals surface area contributed by atoms with E-state index < -0.39 is 0 Å². The first-order valence-corrected chi connectivity index (χ1v) is 8.26. The zero-order valence-corrected chi connectivity index (χ0v) is 14.1. The number of furan rings is 1. The summed E-state index contributed by atoms with van der Waals surface area (Å²) in [5.74, 6) is 2.83. The molecule has 6 nitrogen and oxygen atoms in total. The lowest BCUT2D eigenvalue weighted by atomic mass is 9.99. The zero-order valence-electron chi connectivity index (χ0n) is 14.1. The van der Waals surface area contributed by atoms with E-state index in [-0.39, 0.29) is 0 Å². The van der Waals surface area contributed by atoms with Gasteiger partial charge in [-0.15, -0.1) is 0 Å². The third kappa shape index (κ3) is 5.16. The van der Waals surface area contributed by atoms with Crippen molar-refractivity contribution in [3.05, 3.63) is 41.7 Å². The highest BCUT2D eigenvalue weighted by molar-refractivity contribution is 5.79. The minimum atomic E-state index is 0.459. The molecule has 0 amide bonds. The average molecular weight is 318 g/mol. The van der Waals surface area contributed by atoms with Crippen LogP contribution in [-0.4, -0.2) is 17.7 Å². The van der Waals surface area contributed by atoms with Crippen molar-refractivity contribution in [2.24, 2.45) is 4.99 Å². The van der Waals surface area contributed by atoms with Crippen LogP contribution in [0.25, 0.3) is 0 Å². The summed E-state index contributed by atoms with van der Waals surface area (Å²) in [6, 6.07) is 5.81. The maximum atomic E-state index is 5.40. The van der Waals surface area contributed by atoms with Gasteiger partial charge < -0.3 is 19.6 Å². The second kappa shape index (κ2) is 9.02. The molecule has 0 aliphatic heterocycles. The Morgan fingerprint density at radius 2 is 2.04 bits per heavy atom. The fourth-order valence-corrected chi connectivity index (χ4v) is 2.39. The fourth-order valence-electron chi connectivity index (χ4n) is 2.39. The minimum Gasteiger partial charge on any atom is -0.467 e. The molecule has 0 fully saturated rings. The molecular weight excluding hydrogens is 292 g/mol. The Kier molecular flexibility index (Phi) is 6.72. The third-order valence-corrected chi connectivity index (χ3v) is 3.73. The van der Waals surface area contributed by atoms with E-state index in [9.17, 15) is 0 Å². The first-order chi connectivity index (χ1) is 11.3. The van der Waals surface area contributed by atoms with Gasteiger partial charge in [0.2, 0.25) is 0 Å². The molecule has 2 aromatic heterocycles. The molecule has 0 saturated carbocycles. The summed E-state index contributed by atoms with van der Waals surface area (Å²) in [5, 5.41) is 10.6. The summed E-state index contributed by atoms with van der Waals surface area (Å²) in [4.78, 5) is 4.53. The van der Waals surface area contributed by atoms with Gasteiger partial charge in [-0.1, -0.05) is 19.0 Å². The molecule has 0 atom stereocenters. The first-order valence-electron chi connectivity index (χ1n) is 8.26. The van der Waals surface area contributed by atoms with E-state index in [4.69, 9.17) is 8.94 Å². The molecule has 6 heteroatoms. The van der Waals surface area contributed by atoms with Gasteiger partial charge in [-0.2, -0.15) is 0 Å². The summed E-state index contributed by atoms with van der Waals surface area (Å²) < 4.78 is 10.7. The molecule has 2 aromatic rings. The van der Waals surface area contributed by atoms with Crippen molar-refractivity contribution in [2.75, 3.05) is 6.54 Å². The van der Waals surface area contributed by atoms with Crippen molar-refractivity contribution < 1.29 is 8.94 Å². The summed E-state index contributed by atoms with van der Waals surface area (Å²) >= 11 is 0. The summed E-state index contributed by atoms with van der Waals surface area (Å²) in [6.45, 7) is 8.21. The zero-order chi connectivity index (χ0) is 16.5. The molecule has 0 radical (unpaired) electrons. The van der Waals surface area contributed by atoms with Crippen LogP contribution < -0.4 is 10.6 Å². The van der Waals surface area contributed by atoms with Crippen LogP contribution in [0.4, 0.5) is 0 Å². The van der Waals surface area contributed by atoms with Crippen LogP contribution in [0, 0.1) is 0 Å². The SMILES string of the molecule is CCNC(=NCc1cc(C(CC)CC)no1)NCc1ccco1. The van der Waals surface area contributed by atoms with Gasteiger partial charge in [0.1, 0.15) is 12.3 Å². The number of aromatic nitrogens is 1. The van der Waals surface area contributed by atoms with Gasteiger partial charge in [0, 0.05) is 18.5 Å². The third-order valence-electron chi connectivity index (χ3n) is 3.73. The van der Waals surface area contributed by atoms with E-state index >= 15 is 0 Å². The highest BCUT2D eigenvalue weighted by Gasteiger charge is 2.12. The van der Waals surface area contributed by atoms with E-state index in [1.165, 1.54) is 0 Å². The van der Waals surface area contributed by atoms with Crippen molar-refractivity contribution in [1.82, 2.24) is 15.8 Å². The Balaban J connectivity index is 1.94. The Bertz CT molecular complexity index is 586. The highest BCUT2D eigenvalue weighted by Crippen LogP contribution is 2.22. The first kappa shape index (κ1) is 17.1. The molecule has 2 heterocycles. The second-order valence-electron chi connectivity index (χ2n) is 5.36. The van der Waals surface area contributed by atoms with Crippen LogP contribution in [-0.2, 0) is 13.1 Å². The average Bonchev–Trinajstić information content (AvgIpc) is 3.23. The lowest BCUT2D eigenvalue weighted by molar-refractivity contribution is 0.372. The quantitative estimate of drug-likeness (QED) is 0.576. The Morgan fingerprint density at radius 3 is 2.70 bits per heavy atom. The standard InChI is InChI=1S/C17H26N4O2/c1-4-13(5-2)16-10-15(23-21-16)12-20-17(18-6-3)19-11-14-8-7-9-22-14/h7-10,13H,4-6,11-12H2,1-3H3,(H2,18,19,20). The van der Waals surface area contributed by atoms with Gasteiger partial charge in [-0.25, -0.2) is 4.99 Å². The lowest BCUT2D eigenvalue weighted by Crippen LogP contribution is -2.36. The van der Waals surface area contributed by atoms with Crippen LogP contribution >= 0.6 is 0 Å². The van der Waals surface area contributed by atoms with E-state index in [1.54, 1.807) is 6.26 Å². The number of aliphatic imine (C=N–C) groups is 1. The number of rotatable bonds is 8. The minimum absolute atomic E-state index is 0.459.